The molecule has 0 radical (unpaired) electrons. The molecule has 0 fully saturated rings. The third kappa shape index (κ3) is 6.10. The van der Waals surface area contributed by atoms with Gasteiger partial charge in [0.05, 0.1) is 25.0 Å². The fraction of sp³-hybridized carbons (Fsp3) is 0.400. The van der Waals surface area contributed by atoms with Gasteiger partial charge in [0.1, 0.15) is 5.69 Å². The maximum absolute atomic E-state index is 11.9. The second-order valence-corrected chi connectivity index (χ2v) is 7.60. The number of benzene rings is 1. The number of carbonyl (C=O) groups is 2. The normalized spacial score (nSPS) is 10.9. The SMILES string of the molecule is CCCN(CCO)c1ccc(N=Nc2sc(C)cc2C(=O)OC)c(NC(C)=O)c1. The van der Waals surface area contributed by atoms with Crippen LogP contribution >= 0.6 is 11.3 Å². The van der Waals surface area contributed by atoms with Gasteiger partial charge in [-0.15, -0.1) is 21.6 Å². The first-order valence-corrected chi connectivity index (χ1v) is 10.1. The lowest BCUT2D eigenvalue weighted by molar-refractivity contribution is -0.114. The summed E-state index contributed by atoms with van der Waals surface area (Å²) in [5.74, 6) is -0.704. The Hall–Kier alpha value is -2.78. The lowest BCUT2D eigenvalue weighted by Crippen LogP contribution is -2.27. The smallest absolute Gasteiger partial charge is 0.341 e. The molecule has 2 aromatic rings. The number of aryl methyl sites for hydroxylation is 1. The highest BCUT2D eigenvalue weighted by Gasteiger charge is 2.16. The quantitative estimate of drug-likeness (QED) is 0.463. The third-order valence-corrected chi connectivity index (χ3v) is 4.94. The van der Waals surface area contributed by atoms with Gasteiger partial charge in [0.25, 0.3) is 0 Å². The molecule has 1 aromatic carbocycles. The van der Waals surface area contributed by atoms with E-state index in [1.54, 1.807) is 12.1 Å². The van der Waals surface area contributed by atoms with E-state index in [-0.39, 0.29) is 12.5 Å². The summed E-state index contributed by atoms with van der Waals surface area (Å²) >= 11 is 1.33. The Balaban J connectivity index is 2.40. The summed E-state index contributed by atoms with van der Waals surface area (Å²) in [5.41, 5.74) is 2.19. The molecule has 1 heterocycles. The maximum Gasteiger partial charge on any atom is 0.341 e. The van der Waals surface area contributed by atoms with Gasteiger partial charge in [0.15, 0.2) is 5.00 Å². The predicted octanol–water partition coefficient (Wildman–Crippen LogP) is 4.43. The van der Waals surface area contributed by atoms with Crippen LogP contribution in [0.4, 0.5) is 22.1 Å². The third-order valence-electron chi connectivity index (χ3n) is 4.01. The van der Waals surface area contributed by atoms with Gasteiger partial charge < -0.3 is 20.1 Å². The number of hydrogen-bond acceptors (Lipinski definition) is 8. The van der Waals surface area contributed by atoms with E-state index in [2.05, 4.69) is 22.5 Å². The predicted molar refractivity (Wildman–Crippen MR) is 115 cm³/mol. The molecule has 0 atom stereocenters. The molecule has 0 aliphatic carbocycles. The monoisotopic (exact) mass is 418 g/mol. The molecule has 0 saturated carbocycles. The Morgan fingerprint density at radius 2 is 2.00 bits per heavy atom. The second-order valence-electron chi connectivity index (χ2n) is 6.36. The molecular weight excluding hydrogens is 392 g/mol. The largest absolute Gasteiger partial charge is 0.465 e. The van der Waals surface area contributed by atoms with Crippen LogP contribution in [-0.2, 0) is 9.53 Å². The average Bonchev–Trinajstić information content (AvgIpc) is 3.06. The van der Waals surface area contributed by atoms with E-state index >= 15 is 0 Å². The van der Waals surface area contributed by atoms with Crippen molar-refractivity contribution in [3.05, 3.63) is 34.7 Å². The zero-order valence-corrected chi connectivity index (χ0v) is 17.9. The van der Waals surface area contributed by atoms with Gasteiger partial charge in [-0.1, -0.05) is 6.92 Å². The number of nitrogens with zero attached hydrogens (tertiary/aromatic N) is 3. The number of amides is 1. The number of methoxy groups -OCH3 is 1. The van der Waals surface area contributed by atoms with Crippen LogP contribution in [0.2, 0.25) is 0 Å². The van der Waals surface area contributed by atoms with Gasteiger partial charge in [-0.2, -0.15) is 0 Å². The number of anilines is 2. The van der Waals surface area contributed by atoms with Crippen molar-refractivity contribution >= 4 is 45.3 Å². The van der Waals surface area contributed by atoms with Gasteiger partial charge in [-0.05, 0) is 37.6 Å². The molecule has 1 amide bonds. The van der Waals surface area contributed by atoms with Crippen LogP contribution < -0.4 is 10.2 Å². The topological polar surface area (TPSA) is 104 Å². The van der Waals surface area contributed by atoms with E-state index in [0.717, 1.165) is 23.5 Å². The van der Waals surface area contributed by atoms with Crippen molar-refractivity contribution in [2.75, 3.05) is 37.0 Å². The zero-order valence-electron chi connectivity index (χ0n) is 17.1. The fourth-order valence-corrected chi connectivity index (χ4v) is 3.61. The number of carbonyl (C=O) groups excluding carboxylic acids is 2. The number of hydrogen-bond donors (Lipinski definition) is 2. The summed E-state index contributed by atoms with van der Waals surface area (Å²) in [5, 5.41) is 21.0. The Morgan fingerprint density at radius 1 is 1.24 bits per heavy atom. The lowest BCUT2D eigenvalue weighted by atomic mass is 10.2. The molecule has 0 spiro atoms. The maximum atomic E-state index is 11.9. The van der Waals surface area contributed by atoms with Crippen molar-refractivity contribution in [2.24, 2.45) is 10.2 Å². The van der Waals surface area contributed by atoms with Crippen molar-refractivity contribution in [3.8, 4) is 0 Å². The van der Waals surface area contributed by atoms with E-state index in [1.165, 1.54) is 25.4 Å². The number of aliphatic hydroxyl groups excluding tert-OH is 1. The lowest BCUT2D eigenvalue weighted by Gasteiger charge is -2.24. The molecule has 8 nitrogen and oxygen atoms in total. The summed E-state index contributed by atoms with van der Waals surface area (Å²) in [6.07, 6.45) is 0.922. The highest BCUT2D eigenvalue weighted by molar-refractivity contribution is 7.16. The van der Waals surface area contributed by atoms with Crippen molar-refractivity contribution in [2.45, 2.75) is 27.2 Å². The molecule has 2 N–H and O–H groups in total. The van der Waals surface area contributed by atoms with Gasteiger partial charge >= 0.3 is 5.97 Å². The van der Waals surface area contributed by atoms with Gasteiger partial charge in [0, 0.05) is 30.6 Å². The summed E-state index contributed by atoms with van der Waals surface area (Å²) in [6, 6.07) is 7.14. The van der Waals surface area contributed by atoms with Crippen molar-refractivity contribution < 1.29 is 19.4 Å². The standard InChI is InChI=1S/C20H26N4O4S/c1-5-8-24(9-10-25)15-6-7-17(18(12-15)21-14(3)26)22-23-19-16(20(27)28-4)11-13(2)29-19/h6-7,11-12,25H,5,8-10H2,1-4H3,(H,21,26). The Morgan fingerprint density at radius 3 is 2.62 bits per heavy atom. The van der Waals surface area contributed by atoms with E-state index in [0.29, 0.717) is 28.5 Å². The highest BCUT2D eigenvalue weighted by atomic mass is 32.1. The Kier molecular flexibility index (Phi) is 8.29. The summed E-state index contributed by atoms with van der Waals surface area (Å²) in [4.78, 5) is 26.5. The van der Waals surface area contributed by atoms with Gasteiger partial charge in [-0.3, -0.25) is 4.79 Å². The first kappa shape index (κ1) is 22.5. The molecular formula is C20H26N4O4S. The van der Waals surface area contributed by atoms with Crippen LogP contribution in [-0.4, -0.2) is 43.8 Å². The zero-order chi connectivity index (χ0) is 21.4. The Labute approximate surface area is 174 Å². The van der Waals surface area contributed by atoms with Crippen molar-refractivity contribution in [1.82, 2.24) is 0 Å². The summed E-state index contributed by atoms with van der Waals surface area (Å²) in [7, 11) is 1.32. The molecule has 0 aliphatic rings. The molecule has 2 rings (SSSR count). The van der Waals surface area contributed by atoms with Crippen molar-refractivity contribution in [1.29, 1.82) is 0 Å². The summed E-state index contributed by atoms with van der Waals surface area (Å²) < 4.78 is 4.79. The van der Waals surface area contributed by atoms with Crippen LogP contribution in [0.5, 0.6) is 0 Å². The molecule has 0 bridgehead atoms. The molecule has 0 unspecified atom stereocenters. The molecule has 0 saturated heterocycles. The van der Waals surface area contributed by atoms with Crippen LogP contribution in [0, 0.1) is 6.92 Å². The molecule has 29 heavy (non-hydrogen) atoms. The molecule has 156 valence electrons. The van der Waals surface area contributed by atoms with E-state index in [4.69, 9.17) is 4.74 Å². The highest BCUT2D eigenvalue weighted by Crippen LogP contribution is 2.35. The first-order valence-electron chi connectivity index (χ1n) is 9.27. The number of ether oxygens (including phenoxy) is 1. The minimum atomic E-state index is -0.472. The number of nitrogens with one attached hydrogen (secondary N) is 1. The Bertz CT molecular complexity index is 889. The van der Waals surface area contributed by atoms with E-state index < -0.39 is 5.97 Å². The molecule has 0 aliphatic heterocycles. The van der Waals surface area contributed by atoms with Crippen LogP contribution in [0.25, 0.3) is 0 Å². The van der Waals surface area contributed by atoms with Crippen LogP contribution in [0.15, 0.2) is 34.5 Å². The average molecular weight is 419 g/mol. The minimum Gasteiger partial charge on any atom is -0.465 e. The van der Waals surface area contributed by atoms with Gasteiger partial charge in [0.2, 0.25) is 5.91 Å². The molecule has 9 heteroatoms. The first-order chi connectivity index (χ1) is 13.9. The van der Waals surface area contributed by atoms with Gasteiger partial charge in [-0.25, -0.2) is 4.79 Å². The van der Waals surface area contributed by atoms with Crippen molar-refractivity contribution in [3.63, 3.8) is 0 Å². The number of azo groups is 1. The van der Waals surface area contributed by atoms with E-state index in [1.807, 2.05) is 24.0 Å². The minimum absolute atomic E-state index is 0.0327. The number of esters is 1. The fourth-order valence-electron chi connectivity index (χ4n) is 2.79. The molecule has 1 aromatic heterocycles. The van der Waals surface area contributed by atoms with Crippen LogP contribution in [0.3, 0.4) is 0 Å². The van der Waals surface area contributed by atoms with Crippen LogP contribution in [0.1, 0.15) is 35.5 Å². The summed E-state index contributed by atoms with van der Waals surface area (Å²) in [6.45, 7) is 6.65. The number of rotatable bonds is 9. The number of thiophene rings is 1. The second kappa shape index (κ2) is 10.7. The van der Waals surface area contributed by atoms with E-state index in [9.17, 15) is 14.7 Å². The number of aliphatic hydroxyl groups is 1.